The number of hydrogen-bond acceptors (Lipinski definition) is 1. The third-order valence-corrected chi connectivity index (χ3v) is 5.06. The molecule has 3 heteroatoms. The first kappa shape index (κ1) is 14.6. The molecule has 19 heavy (non-hydrogen) atoms. The number of carbonyl (C=O) groups excluding carboxylic acids is 1. The van der Waals surface area contributed by atoms with Gasteiger partial charge in [0.15, 0.2) is 0 Å². The molecule has 2 atom stereocenters. The maximum Gasteiger partial charge on any atom is 0.251 e. The predicted octanol–water partition coefficient (Wildman–Crippen LogP) is 4.46. The zero-order chi connectivity index (χ0) is 13.8. The number of amides is 1. The molecule has 0 radical (unpaired) electrons. The predicted molar refractivity (Wildman–Crippen MR) is 82.4 cm³/mol. The summed E-state index contributed by atoms with van der Waals surface area (Å²) in [5.74, 6) is 0.718. The fraction of sp³-hybridized carbons (Fsp3) is 0.562. The zero-order valence-corrected chi connectivity index (χ0v) is 13.3. The van der Waals surface area contributed by atoms with Crippen molar-refractivity contribution >= 4 is 21.8 Å². The number of benzene rings is 1. The van der Waals surface area contributed by atoms with E-state index in [1.165, 1.54) is 19.3 Å². The van der Waals surface area contributed by atoms with E-state index in [0.717, 1.165) is 28.4 Å². The van der Waals surface area contributed by atoms with E-state index in [0.29, 0.717) is 12.0 Å². The molecule has 0 heterocycles. The number of aryl methyl sites for hydroxylation is 1. The summed E-state index contributed by atoms with van der Waals surface area (Å²) in [4.78, 5) is 12.3. The van der Waals surface area contributed by atoms with Crippen LogP contribution >= 0.6 is 15.9 Å². The molecule has 2 rings (SSSR count). The van der Waals surface area contributed by atoms with Gasteiger partial charge >= 0.3 is 0 Å². The molecule has 1 fully saturated rings. The molecule has 1 aliphatic rings. The van der Waals surface area contributed by atoms with E-state index >= 15 is 0 Å². The normalized spacial score (nSPS) is 23.1. The standard InChI is InChI=1S/C16H22BrNO/c1-3-12-6-4-5-7-15(12)18-16(19)13-8-9-14(17)11(2)10-13/h8-10,12,15H,3-7H2,1-2H3,(H,18,19). The van der Waals surface area contributed by atoms with E-state index in [-0.39, 0.29) is 5.91 Å². The van der Waals surface area contributed by atoms with Gasteiger partial charge in [-0.1, -0.05) is 42.1 Å². The number of carbonyl (C=O) groups is 1. The minimum atomic E-state index is 0.0703. The van der Waals surface area contributed by atoms with E-state index in [4.69, 9.17) is 0 Å². The number of halogens is 1. The van der Waals surface area contributed by atoms with Crippen molar-refractivity contribution in [2.24, 2.45) is 5.92 Å². The zero-order valence-electron chi connectivity index (χ0n) is 11.7. The third kappa shape index (κ3) is 3.59. The Morgan fingerprint density at radius 2 is 2.11 bits per heavy atom. The topological polar surface area (TPSA) is 29.1 Å². The van der Waals surface area contributed by atoms with Crippen molar-refractivity contribution in [2.45, 2.75) is 52.0 Å². The van der Waals surface area contributed by atoms with Gasteiger partial charge in [-0.3, -0.25) is 4.79 Å². The van der Waals surface area contributed by atoms with Gasteiger partial charge in [-0.2, -0.15) is 0 Å². The molecule has 1 aromatic carbocycles. The molecular formula is C16H22BrNO. The van der Waals surface area contributed by atoms with E-state index in [1.54, 1.807) is 0 Å². The van der Waals surface area contributed by atoms with Gasteiger partial charge in [0.25, 0.3) is 5.91 Å². The molecule has 2 unspecified atom stereocenters. The molecule has 0 aliphatic heterocycles. The van der Waals surface area contributed by atoms with Crippen LogP contribution in [0, 0.1) is 12.8 Å². The van der Waals surface area contributed by atoms with E-state index in [9.17, 15) is 4.79 Å². The Morgan fingerprint density at radius 1 is 1.37 bits per heavy atom. The SMILES string of the molecule is CCC1CCCCC1NC(=O)c1ccc(Br)c(C)c1. The highest BCUT2D eigenvalue weighted by atomic mass is 79.9. The second kappa shape index (κ2) is 6.56. The highest BCUT2D eigenvalue weighted by molar-refractivity contribution is 9.10. The molecule has 1 saturated carbocycles. The molecule has 0 spiro atoms. The van der Waals surface area contributed by atoms with Crippen LogP contribution in [0.1, 0.15) is 54.9 Å². The van der Waals surface area contributed by atoms with Crippen LogP contribution in [-0.4, -0.2) is 11.9 Å². The highest BCUT2D eigenvalue weighted by Crippen LogP contribution is 2.27. The van der Waals surface area contributed by atoms with Crippen molar-refractivity contribution < 1.29 is 4.79 Å². The first-order chi connectivity index (χ1) is 9.11. The van der Waals surface area contributed by atoms with Crippen LogP contribution in [0.3, 0.4) is 0 Å². The van der Waals surface area contributed by atoms with Gasteiger partial charge in [0.1, 0.15) is 0 Å². The molecule has 1 aromatic rings. The van der Waals surface area contributed by atoms with Crippen LogP contribution in [0.15, 0.2) is 22.7 Å². The van der Waals surface area contributed by atoms with Crippen LogP contribution in [0.4, 0.5) is 0 Å². The van der Waals surface area contributed by atoms with Crippen molar-refractivity contribution in [3.63, 3.8) is 0 Å². The average molecular weight is 324 g/mol. The Hall–Kier alpha value is -0.830. The van der Waals surface area contributed by atoms with E-state index in [1.807, 2.05) is 25.1 Å². The van der Waals surface area contributed by atoms with Gasteiger partial charge in [-0.25, -0.2) is 0 Å². The molecule has 1 N–H and O–H groups in total. The van der Waals surface area contributed by atoms with E-state index in [2.05, 4.69) is 28.2 Å². The summed E-state index contributed by atoms with van der Waals surface area (Å²) in [6, 6.07) is 6.14. The van der Waals surface area contributed by atoms with Crippen LogP contribution in [0.2, 0.25) is 0 Å². The van der Waals surface area contributed by atoms with Crippen molar-refractivity contribution in [3.05, 3.63) is 33.8 Å². The van der Waals surface area contributed by atoms with Crippen LogP contribution in [-0.2, 0) is 0 Å². The summed E-state index contributed by atoms with van der Waals surface area (Å²) in [5.41, 5.74) is 1.87. The van der Waals surface area contributed by atoms with Crippen LogP contribution in [0.25, 0.3) is 0 Å². The van der Waals surface area contributed by atoms with Crippen molar-refractivity contribution in [1.82, 2.24) is 5.32 Å². The Balaban J connectivity index is 2.05. The molecule has 104 valence electrons. The van der Waals surface area contributed by atoms with Crippen LogP contribution < -0.4 is 5.32 Å². The number of hydrogen-bond donors (Lipinski definition) is 1. The summed E-state index contributed by atoms with van der Waals surface area (Å²) in [5, 5.41) is 3.23. The lowest BCUT2D eigenvalue weighted by Crippen LogP contribution is -2.41. The lowest BCUT2D eigenvalue weighted by molar-refractivity contribution is 0.0904. The van der Waals surface area contributed by atoms with Crippen LogP contribution in [0.5, 0.6) is 0 Å². The Bertz CT molecular complexity index is 458. The first-order valence-electron chi connectivity index (χ1n) is 7.19. The fourth-order valence-electron chi connectivity index (χ4n) is 2.92. The minimum Gasteiger partial charge on any atom is -0.349 e. The van der Waals surface area contributed by atoms with Gasteiger partial charge in [-0.05, 0) is 49.4 Å². The average Bonchev–Trinajstić information content (AvgIpc) is 2.42. The summed E-state index contributed by atoms with van der Waals surface area (Å²) >= 11 is 3.47. The maximum absolute atomic E-state index is 12.3. The van der Waals surface area contributed by atoms with E-state index < -0.39 is 0 Å². The molecular weight excluding hydrogens is 302 g/mol. The smallest absolute Gasteiger partial charge is 0.251 e. The molecule has 0 saturated heterocycles. The summed E-state index contributed by atoms with van der Waals surface area (Å²) in [7, 11) is 0. The monoisotopic (exact) mass is 323 g/mol. The Kier molecular flexibility index (Phi) is 5.03. The Labute approximate surface area is 124 Å². The Morgan fingerprint density at radius 3 is 2.79 bits per heavy atom. The van der Waals surface area contributed by atoms with Gasteiger partial charge in [0.05, 0.1) is 0 Å². The molecule has 2 nitrogen and oxygen atoms in total. The van der Waals surface area contributed by atoms with Gasteiger partial charge in [-0.15, -0.1) is 0 Å². The number of rotatable bonds is 3. The molecule has 1 aliphatic carbocycles. The molecule has 1 amide bonds. The van der Waals surface area contributed by atoms with Gasteiger partial charge < -0.3 is 5.32 Å². The molecule has 0 bridgehead atoms. The second-order valence-electron chi connectivity index (χ2n) is 5.50. The lowest BCUT2D eigenvalue weighted by Gasteiger charge is -2.31. The fourth-order valence-corrected chi connectivity index (χ4v) is 3.17. The quantitative estimate of drug-likeness (QED) is 0.874. The van der Waals surface area contributed by atoms with Crippen molar-refractivity contribution in [1.29, 1.82) is 0 Å². The largest absolute Gasteiger partial charge is 0.349 e. The highest BCUT2D eigenvalue weighted by Gasteiger charge is 2.25. The summed E-state index contributed by atoms with van der Waals surface area (Å²) in [6.45, 7) is 4.23. The third-order valence-electron chi connectivity index (χ3n) is 4.17. The van der Waals surface area contributed by atoms with Crippen molar-refractivity contribution in [2.75, 3.05) is 0 Å². The summed E-state index contributed by atoms with van der Waals surface area (Å²) < 4.78 is 1.05. The number of nitrogens with one attached hydrogen (secondary N) is 1. The maximum atomic E-state index is 12.3. The van der Waals surface area contributed by atoms with Crippen molar-refractivity contribution in [3.8, 4) is 0 Å². The first-order valence-corrected chi connectivity index (χ1v) is 7.98. The minimum absolute atomic E-state index is 0.0703. The van der Waals surface area contributed by atoms with Gasteiger partial charge in [0, 0.05) is 16.1 Å². The second-order valence-corrected chi connectivity index (χ2v) is 6.35. The lowest BCUT2D eigenvalue weighted by atomic mass is 9.83. The summed E-state index contributed by atoms with van der Waals surface area (Å²) in [6.07, 6.45) is 6.08. The van der Waals surface area contributed by atoms with Gasteiger partial charge in [0.2, 0.25) is 0 Å². The molecule has 0 aromatic heterocycles.